The van der Waals surface area contributed by atoms with Crippen molar-refractivity contribution in [1.29, 1.82) is 0 Å². The van der Waals surface area contributed by atoms with Crippen molar-refractivity contribution in [3.8, 4) is 17.0 Å². The van der Waals surface area contributed by atoms with E-state index in [4.69, 9.17) is 21.1 Å². The monoisotopic (exact) mass is 410 g/mol. The molecule has 1 aromatic heterocycles. The number of nitrogens with one attached hydrogen (secondary N) is 1. The molecule has 0 bridgehead atoms. The summed E-state index contributed by atoms with van der Waals surface area (Å²) in [5.41, 5.74) is 2.92. The van der Waals surface area contributed by atoms with Crippen molar-refractivity contribution in [2.45, 2.75) is 6.92 Å². The number of halogens is 1. The fraction of sp³-hybridized carbons (Fsp3) is 0.136. The molecule has 29 heavy (non-hydrogen) atoms. The standard InChI is InChI=1S/C22H19ClN2O4/c1-14-17(9-10-18(24-14)15-6-4-3-5-7-15)22(27)29-13-21(26)25-19-12-16(23)8-11-20(19)28-2/h3-12H,13H2,1-2H3,(H,25,26). The number of methoxy groups -OCH3 is 1. The van der Waals surface area contributed by atoms with Gasteiger partial charge in [0.25, 0.3) is 5.91 Å². The van der Waals surface area contributed by atoms with Crippen LogP contribution in [0.5, 0.6) is 5.75 Å². The van der Waals surface area contributed by atoms with Crippen LogP contribution in [0.4, 0.5) is 5.69 Å². The van der Waals surface area contributed by atoms with Crippen molar-refractivity contribution in [3.05, 3.63) is 76.9 Å². The zero-order valence-corrected chi connectivity index (χ0v) is 16.7. The van der Waals surface area contributed by atoms with Crippen molar-refractivity contribution in [2.24, 2.45) is 0 Å². The Balaban J connectivity index is 1.63. The number of anilines is 1. The Morgan fingerprint density at radius 3 is 2.52 bits per heavy atom. The molecule has 0 fully saturated rings. The molecule has 3 rings (SSSR count). The maximum atomic E-state index is 12.4. The number of hydrogen-bond acceptors (Lipinski definition) is 5. The van der Waals surface area contributed by atoms with Gasteiger partial charge in [0.15, 0.2) is 6.61 Å². The summed E-state index contributed by atoms with van der Waals surface area (Å²) in [7, 11) is 1.48. The van der Waals surface area contributed by atoms with Gasteiger partial charge in [-0.3, -0.25) is 9.78 Å². The average molecular weight is 411 g/mol. The minimum absolute atomic E-state index is 0.304. The van der Waals surface area contributed by atoms with Crippen molar-refractivity contribution in [2.75, 3.05) is 19.0 Å². The lowest BCUT2D eigenvalue weighted by molar-refractivity contribution is -0.119. The molecule has 7 heteroatoms. The Morgan fingerprint density at radius 1 is 1.07 bits per heavy atom. The number of carbonyl (C=O) groups is 2. The molecule has 2 aromatic carbocycles. The van der Waals surface area contributed by atoms with Crippen LogP contribution in [0, 0.1) is 6.92 Å². The zero-order chi connectivity index (χ0) is 20.8. The van der Waals surface area contributed by atoms with Crippen molar-refractivity contribution in [1.82, 2.24) is 4.98 Å². The first-order valence-corrected chi connectivity index (χ1v) is 9.19. The molecular formula is C22H19ClN2O4. The molecule has 0 aliphatic rings. The minimum Gasteiger partial charge on any atom is -0.495 e. The molecule has 6 nitrogen and oxygen atoms in total. The Kier molecular flexibility index (Phi) is 6.46. The number of esters is 1. The fourth-order valence-corrected chi connectivity index (χ4v) is 2.89. The van der Waals surface area contributed by atoms with Gasteiger partial charge in [0.1, 0.15) is 5.75 Å². The quantitative estimate of drug-likeness (QED) is 0.605. The molecule has 0 atom stereocenters. The molecule has 1 N–H and O–H groups in total. The highest BCUT2D eigenvalue weighted by atomic mass is 35.5. The van der Waals surface area contributed by atoms with Crippen LogP contribution < -0.4 is 10.1 Å². The predicted octanol–water partition coefficient (Wildman–Crippen LogP) is 4.51. The summed E-state index contributed by atoms with van der Waals surface area (Å²) >= 11 is 5.94. The number of carbonyl (C=O) groups excluding carboxylic acids is 2. The maximum absolute atomic E-state index is 12.4. The van der Waals surface area contributed by atoms with Crippen molar-refractivity contribution >= 4 is 29.2 Å². The molecule has 0 aliphatic heterocycles. The Hall–Kier alpha value is -3.38. The first-order valence-electron chi connectivity index (χ1n) is 8.81. The van der Waals surface area contributed by atoms with E-state index >= 15 is 0 Å². The number of aryl methyl sites for hydroxylation is 1. The van der Waals surface area contributed by atoms with E-state index in [1.54, 1.807) is 37.3 Å². The van der Waals surface area contributed by atoms with E-state index in [-0.39, 0.29) is 0 Å². The number of aromatic nitrogens is 1. The van der Waals surface area contributed by atoms with E-state index in [1.165, 1.54) is 7.11 Å². The van der Waals surface area contributed by atoms with Gasteiger partial charge in [-0.15, -0.1) is 0 Å². The summed E-state index contributed by atoms with van der Waals surface area (Å²) in [4.78, 5) is 29.0. The maximum Gasteiger partial charge on any atom is 0.340 e. The lowest BCUT2D eigenvalue weighted by atomic mass is 10.1. The molecule has 0 radical (unpaired) electrons. The first-order chi connectivity index (χ1) is 14.0. The normalized spacial score (nSPS) is 10.3. The molecule has 1 heterocycles. The largest absolute Gasteiger partial charge is 0.495 e. The van der Waals surface area contributed by atoms with Crippen molar-refractivity contribution in [3.63, 3.8) is 0 Å². The second-order valence-electron chi connectivity index (χ2n) is 6.16. The van der Waals surface area contributed by atoms with Crippen LogP contribution in [0.25, 0.3) is 11.3 Å². The van der Waals surface area contributed by atoms with Crippen LogP contribution in [0.15, 0.2) is 60.7 Å². The van der Waals surface area contributed by atoms with Crippen LogP contribution in [-0.2, 0) is 9.53 Å². The van der Waals surface area contributed by atoms with Gasteiger partial charge >= 0.3 is 5.97 Å². The summed E-state index contributed by atoms with van der Waals surface area (Å²) in [6, 6.07) is 17.9. The highest BCUT2D eigenvalue weighted by Crippen LogP contribution is 2.27. The number of amides is 1. The number of hydrogen-bond donors (Lipinski definition) is 1. The van der Waals surface area contributed by atoms with Crippen LogP contribution in [-0.4, -0.2) is 30.6 Å². The van der Waals surface area contributed by atoms with Crippen LogP contribution in [0.1, 0.15) is 16.1 Å². The second-order valence-corrected chi connectivity index (χ2v) is 6.60. The van der Waals surface area contributed by atoms with Gasteiger partial charge in [-0.1, -0.05) is 41.9 Å². The number of pyridine rings is 1. The van der Waals surface area contributed by atoms with Gasteiger partial charge in [0.2, 0.25) is 0 Å². The lowest BCUT2D eigenvalue weighted by Gasteiger charge is -2.11. The second kappa shape index (κ2) is 9.21. The summed E-state index contributed by atoms with van der Waals surface area (Å²) in [5.74, 6) is -0.682. The summed E-state index contributed by atoms with van der Waals surface area (Å²) < 4.78 is 10.3. The molecule has 0 unspecified atom stereocenters. The average Bonchev–Trinajstić information content (AvgIpc) is 2.73. The van der Waals surface area contributed by atoms with Gasteiger partial charge in [0, 0.05) is 10.6 Å². The molecule has 1 amide bonds. The number of ether oxygens (including phenoxy) is 2. The third-order valence-corrected chi connectivity index (χ3v) is 4.38. The Bertz CT molecular complexity index is 1040. The zero-order valence-electron chi connectivity index (χ0n) is 15.9. The molecule has 148 valence electrons. The van der Waals surface area contributed by atoms with Crippen LogP contribution in [0.3, 0.4) is 0 Å². The fourth-order valence-electron chi connectivity index (χ4n) is 2.72. The highest BCUT2D eigenvalue weighted by Gasteiger charge is 2.15. The van der Waals surface area contributed by atoms with E-state index < -0.39 is 18.5 Å². The van der Waals surface area contributed by atoms with Crippen LogP contribution in [0.2, 0.25) is 5.02 Å². The van der Waals surface area contributed by atoms with Crippen molar-refractivity contribution < 1.29 is 19.1 Å². The van der Waals surface area contributed by atoms with Gasteiger partial charge in [-0.25, -0.2) is 4.79 Å². The lowest BCUT2D eigenvalue weighted by Crippen LogP contribution is -2.21. The molecule has 0 spiro atoms. The highest BCUT2D eigenvalue weighted by molar-refractivity contribution is 6.31. The molecule has 0 saturated carbocycles. The van der Waals surface area contributed by atoms with E-state index in [1.807, 2.05) is 30.3 Å². The minimum atomic E-state index is -0.622. The molecule has 3 aromatic rings. The van der Waals surface area contributed by atoms with Gasteiger partial charge in [-0.05, 0) is 37.3 Å². The first kappa shape index (κ1) is 20.4. The van der Waals surface area contributed by atoms with Gasteiger partial charge < -0.3 is 14.8 Å². The number of rotatable bonds is 6. The van der Waals surface area contributed by atoms with Gasteiger partial charge in [-0.2, -0.15) is 0 Å². The summed E-state index contributed by atoms with van der Waals surface area (Å²) in [5, 5.41) is 3.06. The third-order valence-electron chi connectivity index (χ3n) is 4.15. The Morgan fingerprint density at radius 2 is 1.83 bits per heavy atom. The molecular weight excluding hydrogens is 392 g/mol. The smallest absolute Gasteiger partial charge is 0.340 e. The van der Waals surface area contributed by atoms with E-state index in [0.717, 1.165) is 11.3 Å². The van der Waals surface area contributed by atoms with E-state index in [0.29, 0.717) is 27.7 Å². The van der Waals surface area contributed by atoms with Gasteiger partial charge in [0.05, 0.1) is 29.7 Å². The summed E-state index contributed by atoms with van der Waals surface area (Å²) in [6.07, 6.45) is 0. The third kappa shape index (κ3) is 5.12. The van der Waals surface area contributed by atoms with Crippen LogP contribution >= 0.6 is 11.6 Å². The predicted molar refractivity (Wildman–Crippen MR) is 111 cm³/mol. The SMILES string of the molecule is COc1ccc(Cl)cc1NC(=O)COC(=O)c1ccc(-c2ccccc2)nc1C. The number of benzene rings is 2. The molecule has 0 saturated heterocycles. The topological polar surface area (TPSA) is 77.5 Å². The van der Waals surface area contributed by atoms with E-state index in [2.05, 4.69) is 10.3 Å². The summed E-state index contributed by atoms with van der Waals surface area (Å²) in [6.45, 7) is 1.27. The number of nitrogens with zero attached hydrogens (tertiary/aromatic N) is 1. The Labute approximate surface area is 173 Å². The van der Waals surface area contributed by atoms with E-state index in [9.17, 15) is 9.59 Å². The molecule has 0 aliphatic carbocycles.